The molecule has 0 radical (unpaired) electrons. The van der Waals surface area contributed by atoms with Crippen LogP contribution < -0.4 is 5.32 Å². The van der Waals surface area contributed by atoms with Crippen molar-refractivity contribution in [1.29, 1.82) is 0 Å². The number of sulfonamides is 1. The molecule has 0 unspecified atom stereocenters. The monoisotopic (exact) mass is 472 g/mol. The molecule has 2 heterocycles. The maximum absolute atomic E-state index is 13.3. The minimum absolute atomic E-state index is 0.0880. The van der Waals surface area contributed by atoms with Gasteiger partial charge in [0, 0.05) is 49.4 Å². The Labute approximate surface area is 193 Å². The second-order valence-electron chi connectivity index (χ2n) is 8.02. The third-order valence-electron chi connectivity index (χ3n) is 5.79. The van der Waals surface area contributed by atoms with Gasteiger partial charge in [-0.25, -0.2) is 8.42 Å². The molecule has 0 fully saturated rings. The molecule has 32 heavy (non-hydrogen) atoms. The van der Waals surface area contributed by atoms with Crippen molar-refractivity contribution in [2.75, 3.05) is 6.54 Å². The van der Waals surface area contributed by atoms with Gasteiger partial charge in [0.15, 0.2) is 5.69 Å². The van der Waals surface area contributed by atoms with Crippen molar-refractivity contribution in [3.8, 4) is 0 Å². The molecule has 2 aromatic carbocycles. The van der Waals surface area contributed by atoms with E-state index in [4.69, 9.17) is 11.6 Å². The van der Waals surface area contributed by atoms with Crippen LogP contribution in [0.15, 0.2) is 47.4 Å². The maximum Gasteiger partial charge on any atom is 0.272 e. The number of rotatable bonds is 5. The van der Waals surface area contributed by atoms with Gasteiger partial charge >= 0.3 is 0 Å². The average molecular weight is 473 g/mol. The van der Waals surface area contributed by atoms with Crippen molar-refractivity contribution in [2.45, 2.75) is 38.3 Å². The molecule has 168 valence electrons. The summed E-state index contributed by atoms with van der Waals surface area (Å²) < 4.78 is 29.7. The molecule has 0 saturated heterocycles. The molecule has 1 aliphatic heterocycles. The molecule has 0 spiro atoms. The standard InChI is InChI=1S/C23H25ClN4O3S/c1-15-6-4-7-17(12-15)13-25-23(29)22-18-14-28(11-10-20(18)27(3)26-22)32(30,31)21-9-5-8-19(24)16(21)2/h4-9,12H,10-11,13-14H2,1-3H3,(H,25,29). The molecule has 1 N–H and O–H groups in total. The van der Waals surface area contributed by atoms with Crippen LogP contribution in [-0.2, 0) is 36.6 Å². The fraction of sp³-hybridized carbons (Fsp3) is 0.304. The summed E-state index contributed by atoms with van der Waals surface area (Å²) in [5.41, 5.74) is 4.40. The largest absolute Gasteiger partial charge is 0.347 e. The van der Waals surface area contributed by atoms with E-state index in [0.29, 0.717) is 35.7 Å². The highest BCUT2D eigenvalue weighted by molar-refractivity contribution is 7.89. The quantitative estimate of drug-likeness (QED) is 0.617. The molecule has 0 atom stereocenters. The zero-order valence-corrected chi connectivity index (χ0v) is 19.8. The predicted octanol–water partition coefficient (Wildman–Crippen LogP) is 3.37. The Kier molecular flexibility index (Phi) is 6.11. The summed E-state index contributed by atoms with van der Waals surface area (Å²) in [6, 6.07) is 12.8. The highest BCUT2D eigenvalue weighted by Gasteiger charge is 2.34. The number of nitrogens with zero attached hydrogens (tertiary/aromatic N) is 3. The predicted molar refractivity (Wildman–Crippen MR) is 123 cm³/mol. The maximum atomic E-state index is 13.3. The number of halogens is 1. The molecule has 0 bridgehead atoms. The summed E-state index contributed by atoms with van der Waals surface area (Å²) in [7, 11) is -1.99. The smallest absolute Gasteiger partial charge is 0.272 e. The van der Waals surface area contributed by atoms with Gasteiger partial charge in [-0.3, -0.25) is 9.48 Å². The molecule has 1 amide bonds. The van der Waals surface area contributed by atoms with Gasteiger partial charge in [0.25, 0.3) is 5.91 Å². The summed E-state index contributed by atoms with van der Waals surface area (Å²) in [6.07, 6.45) is 0.475. The van der Waals surface area contributed by atoms with Crippen LogP contribution in [0.2, 0.25) is 5.02 Å². The van der Waals surface area contributed by atoms with E-state index < -0.39 is 10.0 Å². The number of hydrogen-bond donors (Lipinski definition) is 1. The summed E-state index contributed by atoms with van der Waals surface area (Å²) in [4.78, 5) is 13.1. The van der Waals surface area contributed by atoms with E-state index in [1.807, 2.05) is 31.2 Å². The molecule has 0 aliphatic carbocycles. The molecule has 7 nitrogen and oxygen atoms in total. The van der Waals surface area contributed by atoms with Crippen LogP contribution in [0, 0.1) is 13.8 Å². The number of benzene rings is 2. The van der Waals surface area contributed by atoms with Crippen LogP contribution in [-0.4, -0.2) is 35.0 Å². The minimum Gasteiger partial charge on any atom is -0.347 e. The van der Waals surface area contributed by atoms with E-state index in [1.165, 1.54) is 4.31 Å². The van der Waals surface area contributed by atoms with E-state index in [2.05, 4.69) is 10.4 Å². The molecule has 3 aromatic rings. The van der Waals surface area contributed by atoms with Gasteiger partial charge in [-0.15, -0.1) is 0 Å². The fourth-order valence-corrected chi connectivity index (χ4v) is 5.94. The van der Waals surface area contributed by atoms with Crippen molar-refractivity contribution in [2.24, 2.45) is 7.05 Å². The first-order chi connectivity index (χ1) is 15.2. The third kappa shape index (κ3) is 4.18. The van der Waals surface area contributed by atoms with Gasteiger partial charge in [-0.1, -0.05) is 47.5 Å². The first-order valence-electron chi connectivity index (χ1n) is 10.3. The lowest BCUT2D eigenvalue weighted by molar-refractivity contribution is 0.0943. The highest BCUT2D eigenvalue weighted by atomic mass is 35.5. The normalized spacial score (nSPS) is 14.2. The SMILES string of the molecule is Cc1cccc(CNC(=O)c2nn(C)c3c2CN(S(=O)(=O)c2cccc(Cl)c2C)CC3)c1. The van der Waals surface area contributed by atoms with Gasteiger partial charge in [0.2, 0.25) is 10.0 Å². The van der Waals surface area contributed by atoms with Gasteiger partial charge in [-0.05, 0) is 37.1 Å². The van der Waals surface area contributed by atoms with Crippen LogP contribution in [0.25, 0.3) is 0 Å². The Hall–Kier alpha value is -2.68. The molecular formula is C23H25ClN4O3S. The van der Waals surface area contributed by atoms with Crippen LogP contribution in [0.4, 0.5) is 0 Å². The first-order valence-corrected chi connectivity index (χ1v) is 12.1. The summed E-state index contributed by atoms with van der Waals surface area (Å²) in [5.74, 6) is -0.318. The summed E-state index contributed by atoms with van der Waals surface area (Å²) in [5, 5.41) is 7.72. The average Bonchev–Trinajstić information content (AvgIpc) is 3.10. The molecule has 0 saturated carbocycles. The Morgan fingerprint density at radius 2 is 1.94 bits per heavy atom. The topological polar surface area (TPSA) is 84.3 Å². The second-order valence-corrected chi connectivity index (χ2v) is 10.3. The van der Waals surface area contributed by atoms with E-state index in [9.17, 15) is 13.2 Å². The lowest BCUT2D eigenvalue weighted by Crippen LogP contribution is -2.37. The van der Waals surface area contributed by atoms with E-state index in [-0.39, 0.29) is 23.0 Å². The molecule has 9 heteroatoms. The first kappa shape index (κ1) is 22.5. The second kappa shape index (κ2) is 8.69. The van der Waals surface area contributed by atoms with Crippen LogP contribution in [0.1, 0.15) is 38.4 Å². The Morgan fingerprint density at radius 3 is 2.69 bits per heavy atom. The fourth-order valence-electron chi connectivity index (χ4n) is 4.05. The van der Waals surface area contributed by atoms with Gasteiger partial charge in [-0.2, -0.15) is 9.40 Å². The lowest BCUT2D eigenvalue weighted by Gasteiger charge is -2.27. The van der Waals surface area contributed by atoms with Gasteiger partial charge in [0.1, 0.15) is 0 Å². The number of aromatic nitrogens is 2. The number of amides is 1. The van der Waals surface area contributed by atoms with Crippen molar-refractivity contribution < 1.29 is 13.2 Å². The minimum atomic E-state index is -3.77. The molecule has 4 rings (SSSR count). The Bertz CT molecular complexity index is 1300. The number of nitrogens with one attached hydrogen (secondary N) is 1. The Balaban J connectivity index is 1.59. The van der Waals surface area contributed by atoms with Crippen LogP contribution in [0.3, 0.4) is 0 Å². The number of aryl methyl sites for hydroxylation is 2. The molecule has 1 aromatic heterocycles. The zero-order chi connectivity index (χ0) is 23.0. The van der Waals surface area contributed by atoms with E-state index in [1.54, 1.807) is 36.9 Å². The summed E-state index contributed by atoms with van der Waals surface area (Å²) in [6.45, 7) is 4.46. The zero-order valence-electron chi connectivity index (χ0n) is 18.2. The summed E-state index contributed by atoms with van der Waals surface area (Å²) >= 11 is 6.16. The number of hydrogen-bond acceptors (Lipinski definition) is 4. The lowest BCUT2D eigenvalue weighted by atomic mass is 10.1. The molecule has 1 aliphatic rings. The van der Waals surface area contributed by atoms with Gasteiger partial charge < -0.3 is 5.32 Å². The van der Waals surface area contributed by atoms with Crippen molar-refractivity contribution in [1.82, 2.24) is 19.4 Å². The van der Waals surface area contributed by atoms with E-state index in [0.717, 1.165) is 16.8 Å². The van der Waals surface area contributed by atoms with E-state index >= 15 is 0 Å². The van der Waals surface area contributed by atoms with Crippen molar-refractivity contribution in [3.63, 3.8) is 0 Å². The molecular weight excluding hydrogens is 448 g/mol. The highest BCUT2D eigenvalue weighted by Crippen LogP contribution is 2.30. The Morgan fingerprint density at radius 1 is 1.19 bits per heavy atom. The van der Waals surface area contributed by atoms with Crippen LogP contribution in [0.5, 0.6) is 0 Å². The number of carbonyl (C=O) groups excluding carboxylic acids is 1. The van der Waals surface area contributed by atoms with Gasteiger partial charge in [0.05, 0.1) is 4.90 Å². The number of carbonyl (C=O) groups is 1. The third-order valence-corrected chi connectivity index (χ3v) is 8.19. The van der Waals surface area contributed by atoms with Crippen molar-refractivity contribution in [3.05, 3.63) is 81.1 Å². The van der Waals surface area contributed by atoms with Crippen LogP contribution >= 0.6 is 11.6 Å². The van der Waals surface area contributed by atoms with Crippen molar-refractivity contribution >= 4 is 27.5 Å². The number of fused-ring (bicyclic) bond motifs is 1.